The lowest BCUT2D eigenvalue weighted by Gasteiger charge is -2.32. The summed E-state index contributed by atoms with van der Waals surface area (Å²) in [7, 11) is 0. The molecule has 0 bridgehead atoms. The zero-order chi connectivity index (χ0) is 14.7. The van der Waals surface area contributed by atoms with Crippen LogP contribution >= 0.6 is 11.3 Å². The van der Waals surface area contributed by atoms with Gasteiger partial charge in [-0.15, -0.1) is 11.3 Å². The van der Waals surface area contributed by atoms with Gasteiger partial charge in [0, 0.05) is 36.8 Å². The Hall–Kier alpha value is -2.00. The van der Waals surface area contributed by atoms with Crippen molar-refractivity contribution in [3.05, 3.63) is 34.2 Å². The van der Waals surface area contributed by atoms with Crippen molar-refractivity contribution in [1.82, 2.24) is 15.0 Å². The van der Waals surface area contributed by atoms with E-state index >= 15 is 0 Å². The number of nitriles is 1. The number of hydrogen-bond donors (Lipinski definition) is 0. The van der Waals surface area contributed by atoms with Crippen LogP contribution in [0.4, 0.5) is 5.82 Å². The lowest BCUT2D eigenvalue weighted by Crippen LogP contribution is -2.35. The van der Waals surface area contributed by atoms with Gasteiger partial charge in [-0.05, 0) is 19.3 Å². The summed E-state index contributed by atoms with van der Waals surface area (Å²) in [5, 5.41) is 12.5. The standard InChI is InChI=1S/C15H17N5S/c1-2-12-10-21-15(19-12)11-4-3-7-20(9-11)14-13(8-16)17-5-6-18-14/h5-6,10-11H,2-4,7,9H2,1H3. The van der Waals surface area contributed by atoms with Crippen molar-refractivity contribution in [2.24, 2.45) is 0 Å². The number of nitrogens with zero attached hydrogens (tertiary/aromatic N) is 5. The average molecular weight is 299 g/mol. The van der Waals surface area contributed by atoms with E-state index in [2.05, 4.69) is 33.2 Å². The van der Waals surface area contributed by atoms with Crippen LogP contribution in [0.3, 0.4) is 0 Å². The Morgan fingerprint density at radius 1 is 1.43 bits per heavy atom. The molecule has 1 saturated heterocycles. The van der Waals surface area contributed by atoms with Crippen LogP contribution in [-0.2, 0) is 6.42 Å². The third kappa shape index (κ3) is 2.88. The van der Waals surface area contributed by atoms with Gasteiger partial charge in [0.15, 0.2) is 11.5 Å². The van der Waals surface area contributed by atoms with E-state index in [-0.39, 0.29) is 0 Å². The molecule has 0 N–H and O–H groups in total. The van der Waals surface area contributed by atoms with Crippen molar-refractivity contribution >= 4 is 17.2 Å². The molecular formula is C15H17N5S. The largest absolute Gasteiger partial charge is 0.354 e. The highest BCUT2D eigenvalue weighted by molar-refractivity contribution is 7.09. The van der Waals surface area contributed by atoms with Crippen molar-refractivity contribution < 1.29 is 0 Å². The molecule has 1 aliphatic rings. The molecule has 1 atom stereocenters. The maximum Gasteiger partial charge on any atom is 0.183 e. The van der Waals surface area contributed by atoms with Crippen LogP contribution in [0, 0.1) is 11.3 Å². The number of piperidine rings is 1. The van der Waals surface area contributed by atoms with Crippen LogP contribution in [0.2, 0.25) is 0 Å². The summed E-state index contributed by atoms with van der Waals surface area (Å²) in [6.45, 7) is 3.92. The third-order valence-corrected chi connectivity index (χ3v) is 4.84. The lowest BCUT2D eigenvalue weighted by molar-refractivity contribution is 0.504. The fraction of sp³-hybridized carbons (Fsp3) is 0.467. The topological polar surface area (TPSA) is 65.7 Å². The highest BCUT2D eigenvalue weighted by Gasteiger charge is 2.26. The van der Waals surface area contributed by atoms with Crippen molar-refractivity contribution in [3.8, 4) is 6.07 Å². The van der Waals surface area contributed by atoms with Gasteiger partial charge in [0.25, 0.3) is 0 Å². The summed E-state index contributed by atoms with van der Waals surface area (Å²) in [6.07, 6.45) is 6.44. The van der Waals surface area contributed by atoms with E-state index in [1.807, 2.05) is 0 Å². The van der Waals surface area contributed by atoms with Crippen molar-refractivity contribution in [1.29, 1.82) is 5.26 Å². The molecule has 1 fully saturated rings. The van der Waals surface area contributed by atoms with Crippen molar-refractivity contribution in [2.45, 2.75) is 32.1 Å². The molecule has 6 heteroatoms. The summed E-state index contributed by atoms with van der Waals surface area (Å²) in [5.74, 6) is 1.13. The summed E-state index contributed by atoms with van der Waals surface area (Å²) in [5.41, 5.74) is 1.58. The Bertz CT molecular complexity index is 660. The molecule has 0 aromatic carbocycles. The molecular weight excluding hydrogens is 282 g/mol. The van der Waals surface area contributed by atoms with Crippen LogP contribution < -0.4 is 4.90 Å². The van der Waals surface area contributed by atoms with Gasteiger partial charge >= 0.3 is 0 Å². The zero-order valence-corrected chi connectivity index (χ0v) is 12.8. The normalized spacial score (nSPS) is 18.5. The SMILES string of the molecule is CCc1csc(C2CCCN(c3nccnc3C#N)C2)n1. The van der Waals surface area contributed by atoms with Crippen LogP contribution in [0.15, 0.2) is 17.8 Å². The molecule has 0 aliphatic carbocycles. The Morgan fingerprint density at radius 3 is 3.05 bits per heavy atom. The monoisotopic (exact) mass is 299 g/mol. The third-order valence-electron chi connectivity index (χ3n) is 3.79. The minimum atomic E-state index is 0.409. The molecule has 2 aromatic rings. The summed E-state index contributed by atoms with van der Waals surface area (Å²) in [4.78, 5) is 15.3. The van der Waals surface area contributed by atoms with Gasteiger partial charge < -0.3 is 4.90 Å². The molecule has 3 rings (SSSR count). The highest BCUT2D eigenvalue weighted by atomic mass is 32.1. The van der Waals surface area contributed by atoms with Crippen molar-refractivity contribution in [3.63, 3.8) is 0 Å². The van der Waals surface area contributed by atoms with E-state index in [9.17, 15) is 5.26 Å². The van der Waals surface area contributed by atoms with Crippen molar-refractivity contribution in [2.75, 3.05) is 18.0 Å². The molecule has 3 heterocycles. The Kier molecular flexibility index (Phi) is 4.11. The van der Waals surface area contributed by atoms with E-state index in [0.717, 1.165) is 32.4 Å². The van der Waals surface area contributed by atoms with Gasteiger partial charge in [-0.25, -0.2) is 15.0 Å². The Balaban J connectivity index is 1.81. The first-order valence-electron chi connectivity index (χ1n) is 7.22. The molecule has 0 spiro atoms. The second-order valence-corrected chi connectivity index (χ2v) is 6.05. The number of anilines is 1. The van der Waals surface area contributed by atoms with Crippen LogP contribution in [0.5, 0.6) is 0 Å². The summed E-state index contributed by atoms with van der Waals surface area (Å²) < 4.78 is 0. The van der Waals surface area contributed by atoms with E-state index in [1.165, 1.54) is 10.7 Å². The highest BCUT2D eigenvalue weighted by Crippen LogP contribution is 2.31. The molecule has 1 unspecified atom stereocenters. The maximum absolute atomic E-state index is 9.18. The van der Waals surface area contributed by atoms with E-state index < -0.39 is 0 Å². The van der Waals surface area contributed by atoms with Crippen LogP contribution in [-0.4, -0.2) is 28.0 Å². The lowest BCUT2D eigenvalue weighted by atomic mass is 9.98. The van der Waals surface area contributed by atoms with E-state index in [4.69, 9.17) is 4.98 Å². The van der Waals surface area contributed by atoms with Gasteiger partial charge in [0.05, 0.1) is 10.7 Å². The molecule has 21 heavy (non-hydrogen) atoms. The number of aromatic nitrogens is 3. The smallest absolute Gasteiger partial charge is 0.183 e. The summed E-state index contributed by atoms with van der Waals surface area (Å²) in [6, 6.07) is 2.13. The predicted molar refractivity (Wildman–Crippen MR) is 82.4 cm³/mol. The van der Waals surface area contributed by atoms with Gasteiger partial charge in [-0.3, -0.25) is 0 Å². The fourth-order valence-corrected chi connectivity index (χ4v) is 3.72. The second-order valence-electron chi connectivity index (χ2n) is 5.16. The molecule has 2 aromatic heterocycles. The second kappa shape index (κ2) is 6.19. The Labute approximate surface area is 128 Å². The zero-order valence-electron chi connectivity index (χ0n) is 12.0. The Morgan fingerprint density at radius 2 is 2.29 bits per heavy atom. The van der Waals surface area contributed by atoms with Crippen LogP contribution in [0.25, 0.3) is 0 Å². The van der Waals surface area contributed by atoms with Gasteiger partial charge in [-0.2, -0.15) is 5.26 Å². The first-order valence-corrected chi connectivity index (χ1v) is 8.10. The first-order chi connectivity index (χ1) is 10.3. The molecule has 1 aliphatic heterocycles. The average Bonchev–Trinajstić information content (AvgIpc) is 3.04. The molecule has 0 saturated carbocycles. The van der Waals surface area contributed by atoms with Gasteiger partial charge in [0.2, 0.25) is 0 Å². The van der Waals surface area contributed by atoms with E-state index in [1.54, 1.807) is 23.7 Å². The summed E-state index contributed by atoms with van der Waals surface area (Å²) >= 11 is 1.75. The minimum Gasteiger partial charge on any atom is -0.354 e. The van der Waals surface area contributed by atoms with E-state index in [0.29, 0.717) is 17.4 Å². The number of rotatable bonds is 3. The minimum absolute atomic E-state index is 0.409. The fourth-order valence-electron chi connectivity index (χ4n) is 2.68. The van der Waals surface area contributed by atoms with Gasteiger partial charge in [0.1, 0.15) is 6.07 Å². The number of thiazole rings is 1. The first kappa shape index (κ1) is 14.0. The van der Waals surface area contributed by atoms with Gasteiger partial charge in [-0.1, -0.05) is 6.92 Å². The number of hydrogen-bond acceptors (Lipinski definition) is 6. The quantitative estimate of drug-likeness (QED) is 0.872. The molecule has 5 nitrogen and oxygen atoms in total. The van der Waals surface area contributed by atoms with Crippen LogP contribution in [0.1, 0.15) is 42.1 Å². The number of aryl methyl sites for hydroxylation is 1. The molecule has 0 radical (unpaired) electrons. The molecule has 0 amide bonds. The predicted octanol–water partition coefficient (Wildman–Crippen LogP) is 2.75. The molecule has 108 valence electrons. The maximum atomic E-state index is 9.18.